The Kier molecular flexibility index (Phi) is 17.1. The molecule has 0 saturated carbocycles. The van der Waals surface area contributed by atoms with Gasteiger partial charge < -0.3 is 14.9 Å². The third-order valence-corrected chi connectivity index (χ3v) is 5.85. The summed E-state index contributed by atoms with van der Waals surface area (Å²) in [4.78, 5) is 12.3. The molecule has 0 aliphatic carbocycles. The fourth-order valence-corrected chi connectivity index (χ4v) is 3.42. The number of aliphatic hydroxyl groups excluding tert-OH is 2. The molecule has 0 aromatic rings. The van der Waals surface area contributed by atoms with Gasteiger partial charge in [0.1, 0.15) is 6.61 Å². The molecule has 0 aliphatic rings. The van der Waals surface area contributed by atoms with Crippen molar-refractivity contribution in [2.75, 3.05) is 19.8 Å². The zero-order valence-electron chi connectivity index (χ0n) is 18.3. The monoisotopic (exact) mass is 386 g/mol. The first-order valence-electron chi connectivity index (χ1n) is 11.4. The fourth-order valence-electron chi connectivity index (χ4n) is 3.42. The molecule has 0 amide bonds. The van der Waals surface area contributed by atoms with Crippen LogP contribution in [-0.4, -0.2) is 36.0 Å². The van der Waals surface area contributed by atoms with E-state index in [1.807, 2.05) is 6.92 Å². The normalized spacial score (nSPS) is 12.9. The zero-order chi connectivity index (χ0) is 20.4. The summed E-state index contributed by atoms with van der Waals surface area (Å²) in [5, 5.41) is 19.0. The van der Waals surface area contributed by atoms with Gasteiger partial charge in [-0.3, -0.25) is 4.79 Å². The third-order valence-electron chi connectivity index (χ3n) is 5.85. The van der Waals surface area contributed by atoms with Gasteiger partial charge in [-0.1, -0.05) is 85.0 Å². The van der Waals surface area contributed by atoms with Gasteiger partial charge in [-0.15, -0.1) is 0 Å². The minimum Gasteiger partial charge on any atom is -0.465 e. The molecule has 0 fully saturated rings. The van der Waals surface area contributed by atoms with E-state index < -0.39 is 5.41 Å². The summed E-state index contributed by atoms with van der Waals surface area (Å²) < 4.78 is 5.44. The lowest BCUT2D eigenvalue weighted by atomic mass is 9.88. The largest absolute Gasteiger partial charge is 0.465 e. The molecule has 0 rings (SSSR count). The van der Waals surface area contributed by atoms with Crippen LogP contribution in [0.5, 0.6) is 0 Å². The summed E-state index contributed by atoms with van der Waals surface area (Å²) in [6.45, 7) is 6.13. The van der Waals surface area contributed by atoms with E-state index in [2.05, 4.69) is 13.8 Å². The lowest BCUT2D eigenvalue weighted by Crippen LogP contribution is -2.35. The molecule has 0 bridgehead atoms. The Balaban J connectivity index is 4.34. The molecule has 2 N–H and O–H groups in total. The number of hydrogen-bond acceptors (Lipinski definition) is 4. The number of carbonyl (C=O) groups excluding carboxylic acids is 1. The van der Waals surface area contributed by atoms with Crippen LogP contribution in [0.4, 0.5) is 0 Å². The summed E-state index contributed by atoms with van der Waals surface area (Å²) >= 11 is 0. The van der Waals surface area contributed by atoms with Crippen molar-refractivity contribution in [2.24, 2.45) is 11.3 Å². The van der Waals surface area contributed by atoms with Crippen molar-refractivity contribution in [3.05, 3.63) is 0 Å². The topological polar surface area (TPSA) is 66.8 Å². The van der Waals surface area contributed by atoms with E-state index in [9.17, 15) is 15.0 Å². The minimum atomic E-state index is -0.703. The van der Waals surface area contributed by atoms with Crippen molar-refractivity contribution in [1.82, 2.24) is 0 Å². The number of esters is 1. The average Bonchev–Trinajstić information content (AvgIpc) is 2.69. The molecular weight excluding hydrogens is 340 g/mol. The molecule has 4 heteroatoms. The molecule has 0 aromatic heterocycles. The predicted octanol–water partition coefficient (Wildman–Crippen LogP) is 5.64. The van der Waals surface area contributed by atoms with Crippen LogP contribution < -0.4 is 0 Å². The molecule has 0 radical (unpaired) electrons. The molecule has 1 atom stereocenters. The SMILES string of the molecule is CCCCCCCCC(CCCCCC)CC(=O)OCC(CC)(CO)CO. The molecule has 4 nitrogen and oxygen atoms in total. The molecule has 0 aromatic carbocycles. The van der Waals surface area contributed by atoms with Crippen LogP contribution in [0.3, 0.4) is 0 Å². The van der Waals surface area contributed by atoms with Crippen LogP contribution >= 0.6 is 0 Å². The zero-order valence-corrected chi connectivity index (χ0v) is 18.3. The maximum Gasteiger partial charge on any atom is 0.306 e. The number of aliphatic hydroxyl groups is 2. The van der Waals surface area contributed by atoms with E-state index >= 15 is 0 Å². The summed E-state index contributed by atoms with van der Waals surface area (Å²) in [6.07, 6.45) is 15.9. The van der Waals surface area contributed by atoms with Gasteiger partial charge in [0.15, 0.2) is 0 Å². The second kappa shape index (κ2) is 17.5. The number of hydrogen-bond donors (Lipinski definition) is 2. The molecule has 162 valence electrons. The van der Waals surface area contributed by atoms with Gasteiger partial charge in [0.25, 0.3) is 0 Å². The highest BCUT2D eigenvalue weighted by atomic mass is 16.5. The molecule has 0 spiro atoms. The van der Waals surface area contributed by atoms with E-state index in [4.69, 9.17) is 4.74 Å². The molecule has 1 unspecified atom stereocenters. The molecule has 0 saturated heterocycles. The summed E-state index contributed by atoms with van der Waals surface area (Å²) in [6, 6.07) is 0. The fraction of sp³-hybridized carbons (Fsp3) is 0.957. The average molecular weight is 387 g/mol. The van der Waals surface area contributed by atoms with E-state index in [0.29, 0.717) is 18.8 Å². The van der Waals surface area contributed by atoms with Crippen molar-refractivity contribution >= 4 is 5.97 Å². The molecule has 0 aliphatic heterocycles. The summed E-state index contributed by atoms with van der Waals surface area (Å²) in [7, 11) is 0. The van der Waals surface area contributed by atoms with Crippen molar-refractivity contribution in [2.45, 2.75) is 111 Å². The van der Waals surface area contributed by atoms with Gasteiger partial charge in [-0.25, -0.2) is 0 Å². The summed E-state index contributed by atoms with van der Waals surface area (Å²) in [5.41, 5.74) is -0.703. The van der Waals surface area contributed by atoms with Gasteiger partial charge in [0, 0.05) is 6.42 Å². The second-order valence-corrected chi connectivity index (χ2v) is 8.31. The molecule has 0 heterocycles. The Morgan fingerprint density at radius 1 is 0.815 bits per heavy atom. The Morgan fingerprint density at radius 2 is 1.30 bits per heavy atom. The highest BCUT2D eigenvalue weighted by molar-refractivity contribution is 5.69. The van der Waals surface area contributed by atoms with Gasteiger partial charge >= 0.3 is 5.97 Å². The maximum absolute atomic E-state index is 12.3. The van der Waals surface area contributed by atoms with Crippen LogP contribution in [0.2, 0.25) is 0 Å². The molecular formula is C23H46O4. The highest BCUT2D eigenvalue weighted by Gasteiger charge is 2.29. The molecule has 27 heavy (non-hydrogen) atoms. The Hall–Kier alpha value is -0.610. The van der Waals surface area contributed by atoms with Crippen molar-refractivity contribution in [1.29, 1.82) is 0 Å². The minimum absolute atomic E-state index is 0.106. The Morgan fingerprint density at radius 3 is 1.78 bits per heavy atom. The lowest BCUT2D eigenvalue weighted by molar-refractivity contribution is -0.151. The number of rotatable bonds is 19. The number of ether oxygens (including phenoxy) is 1. The van der Waals surface area contributed by atoms with Crippen LogP contribution in [0.1, 0.15) is 111 Å². The van der Waals surface area contributed by atoms with Crippen LogP contribution in [-0.2, 0) is 9.53 Å². The van der Waals surface area contributed by atoms with Gasteiger partial charge in [0.2, 0.25) is 0 Å². The van der Waals surface area contributed by atoms with Gasteiger partial charge in [0.05, 0.1) is 18.6 Å². The van der Waals surface area contributed by atoms with E-state index in [0.717, 1.165) is 12.8 Å². The van der Waals surface area contributed by atoms with Crippen molar-refractivity contribution in [3.63, 3.8) is 0 Å². The third kappa shape index (κ3) is 13.2. The van der Waals surface area contributed by atoms with Crippen molar-refractivity contribution < 1.29 is 19.7 Å². The van der Waals surface area contributed by atoms with Crippen molar-refractivity contribution in [3.8, 4) is 0 Å². The quantitative estimate of drug-likeness (QED) is 0.223. The maximum atomic E-state index is 12.3. The van der Waals surface area contributed by atoms with Gasteiger partial charge in [-0.05, 0) is 25.2 Å². The number of unbranched alkanes of at least 4 members (excludes halogenated alkanes) is 8. The number of carbonyl (C=O) groups is 1. The Labute approximate surface area is 168 Å². The van der Waals surface area contributed by atoms with E-state index in [1.165, 1.54) is 64.2 Å². The van der Waals surface area contributed by atoms with Crippen LogP contribution in [0, 0.1) is 11.3 Å². The van der Waals surface area contributed by atoms with Gasteiger partial charge in [-0.2, -0.15) is 0 Å². The van der Waals surface area contributed by atoms with Crippen LogP contribution in [0.25, 0.3) is 0 Å². The summed E-state index contributed by atoms with van der Waals surface area (Å²) in [5.74, 6) is 0.223. The first-order chi connectivity index (χ1) is 13.1. The first-order valence-corrected chi connectivity index (χ1v) is 11.4. The first kappa shape index (κ1) is 26.4. The Bertz CT molecular complexity index is 331. The van der Waals surface area contributed by atoms with E-state index in [1.54, 1.807) is 0 Å². The lowest BCUT2D eigenvalue weighted by Gasteiger charge is -2.28. The predicted molar refractivity (Wildman–Crippen MR) is 113 cm³/mol. The van der Waals surface area contributed by atoms with Crippen LogP contribution in [0.15, 0.2) is 0 Å². The van der Waals surface area contributed by atoms with E-state index in [-0.39, 0.29) is 25.8 Å². The standard InChI is InChI=1S/C23H46O4/c1-4-7-9-11-12-14-16-21(15-13-10-8-5-2)17-22(26)27-20-23(6-3,18-24)19-25/h21,24-25H,4-20H2,1-3H3. The second-order valence-electron chi connectivity index (χ2n) is 8.31. The smallest absolute Gasteiger partial charge is 0.306 e. The highest BCUT2D eigenvalue weighted by Crippen LogP contribution is 2.24.